The average Bonchev–Trinajstić information content (AvgIpc) is 1.73. The molecule has 1 aliphatic rings. The monoisotopic (exact) mass is 219 g/mol. The minimum absolute atomic E-state index is 0.104. The second kappa shape index (κ2) is 3.42. The first-order valence-corrected chi connectivity index (χ1v) is 5.20. The van der Waals surface area contributed by atoms with E-state index in [-0.39, 0.29) is 24.2 Å². The topological polar surface area (TPSA) is 29.1 Å². The van der Waals surface area contributed by atoms with Crippen LogP contribution in [0.25, 0.3) is 0 Å². The maximum Gasteiger partial charge on any atom is 0.252 e. The molecule has 0 aromatic heterocycles. The van der Waals surface area contributed by atoms with Crippen LogP contribution in [0.3, 0.4) is 0 Å². The molecule has 0 spiro atoms. The molecule has 1 saturated carbocycles. The van der Waals surface area contributed by atoms with Crippen LogP contribution in [0, 0.1) is 5.41 Å². The molecule has 0 heterocycles. The lowest BCUT2D eigenvalue weighted by molar-refractivity contribution is -0.144. The van der Waals surface area contributed by atoms with Crippen molar-refractivity contribution < 1.29 is 13.6 Å². The number of carbonyl (C=O) groups excluding carboxylic acids is 1. The summed E-state index contributed by atoms with van der Waals surface area (Å²) in [5.41, 5.74) is -0.807. The Balaban J connectivity index is 2.41. The van der Waals surface area contributed by atoms with Crippen LogP contribution in [0.2, 0.25) is 0 Å². The van der Waals surface area contributed by atoms with Crippen LogP contribution in [-0.2, 0) is 4.79 Å². The average molecular weight is 219 g/mol. The van der Waals surface area contributed by atoms with Gasteiger partial charge < -0.3 is 5.32 Å². The highest BCUT2D eigenvalue weighted by Crippen LogP contribution is 2.45. The van der Waals surface area contributed by atoms with Gasteiger partial charge in [-0.05, 0) is 12.3 Å². The third kappa shape index (κ3) is 3.76. The Hall–Kier alpha value is -0.670. The van der Waals surface area contributed by atoms with E-state index in [0.717, 1.165) is 0 Å². The van der Waals surface area contributed by atoms with E-state index in [2.05, 4.69) is 5.32 Å². The van der Waals surface area contributed by atoms with Crippen LogP contribution in [-0.4, -0.2) is 17.4 Å². The molecule has 2 nitrogen and oxygen atoms in total. The molecule has 0 bridgehead atoms. The maximum absolute atomic E-state index is 12.7. The van der Waals surface area contributed by atoms with Gasteiger partial charge in [0.05, 0.1) is 0 Å². The van der Waals surface area contributed by atoms with Crippen molar-refractivity contribution in [3.8, 4) is 0 Å². The predicted molar refractivity (Wildman–Crippen MR) is 54.8 cm³/mol. The van der Waals surface area contributed by atoms with Crippen LogP contribution in [0.5, 0.6) is 0 Å². The first-order valence-electron chi connectivity index (χ1n) is 5.20. The maximum atomic E-state index is 12.7. The third-order valence-electron chi connectivity index (χ3n) is 2.43. The molecule has 0 aromatic carbocycles. The Kier molecular flexibility index (Phi) is 2.83. The first-order chi connectivity index (χ1) is 6.52. The second-order valence-corrected chi connectivity index (χ2v) is 6.06. The van der Waals surface area contributed by atoms with Crippen molar-refractivity contribution in [2.75, 3.05) is 0 Å². The summed E-state index contributed by atoms with van der Waals surface area (Å²) in [6.45, 7) is 7.52. The minimum Gasteiger partial charge on any atom is -0.350 e. The summed E-state index contributed by atoms with van der Waals surface area (Å²) < 4.78 is 25.3. The number of carbonyl (C=O) groups is 1. The van der Waals surface area contributed by atoms with E-state index >= 15 is 0 Å². The van der Waals surface area contributed by atoms with Gasteiger partial charge in [0.25, 0.3) is 5.92 Å². The fourth-order valence-corrected chi connectivity index (χ4v) is 2.04. The largest absolute Gasteiger partial charge is 0.350 e. The summed E-state index contributed by atoms with van der Waals surface area (Å²) >= 11 is 0. The molecule has 1 aliphatic carbocycles. The molecule has 15 heavy (non-hydrogen) atoms. The van der Waals surface area contributed by atoms with Crippen molar-refractivity contribution in [2.45, 2.75) is 58.4 Å². The second-order valence-electron chi connectivity index (χ2n) is 6.06. The summed E-state index contributed by atoms with van der Waals surface area (Å²) in [6.07, 6.45) is -0.111. The molecule has 0 atom stereocenters. The molecule has 4 heteroatoms. The van der Waals surface area contributed by atoms with Crippen molar-refractivity contribution in [2.24, 2.45) is 5.41 Å². The number of hydrogen-bond acceptors (Lipinski definition) is 1. The van der Waals surface area contributed by atoms with E-state index < -0.39 is 11.5 Å². The summed E-state index contributed by atoms with van der Waals surface area (Å²) in [5.74, 6) is -2.73. The molecule has 0 aromatic rings. The highest BCUT2D eigenvalue weighted by Gasteiger charge is 2.54. The van der Waals surface area contributed by atoms with Crippen LogP contribution in [0.1, 0.15) is 47.0 Å². The lowest BCUT2D eigenvalue weighted by atomic mass is 9.74. The molecule has 0 radical (unpaired) electrons. The van der Waals surface area contributed by atoms with Gasteiger partial charge >= 0.3 is 0 Å². The van der Waals surface area contributed by atoms with Gasteiger partial charge in [-0.1, -0.05) is 20.8 Å². The first kappa shape index (κ1) is 12.4. The Bertz CT molecular complexity index is 260. The van der Waals surface area contributed by atoms with E-state index in [1.54, 1.807) is 6.92 Å². The smallest absolute Gasteiger partial charge is 0.252 e. The van der Waals surface area contributed by atoms with E-state index in [4.69, 9.17) is 0 Å². The van der Waals surface area contributed by atoms with Gasteiger partial charge in [0, 0.05) is 24.8 Å². The zero-order valence-corrected chi connectivity index (χ0v) is 9.79. The van der Waals surface area contributed by atoms with Crippen LogP contribution in [0.4, 0.5) is 8.78 Å². The van der Waals surface area contributed by atoms with E-state index in [9.17, 15) is 13.6 Å². The van der Waals surface area contributed by atoms with Crippen LogP contribution in [0.15, 0.2) is 0 Å². The van der Waals surface area contributed by atoms with Gasteiger partial charge in [-0.25, -0.2) is 8.78 Å². The highest BCUT2D eigenvalue weighted by molar-refractivity contribution is 5.77. The minimum atomic E-state index is -2.59. The molecule has 88 valence electrons. The number of halogens is 2. The molecule has 0 unspecified atom stereocenters. The summed E-state index contributed by atoms with van der Waals surface area (Å²) in [7, 11) is 0. The highest BCUT2D eigenvalue weighted by atomic mass is 19.3. The quantitative estimate of drug-likeness (QED) is 0.760. The molecular weight excluding hydrogens is 200 g/mol. The van der Waals surface area contributed by atoms with Crippen LogP contribution >= 0.6 is 0 Å². The predicted octanol–water partition coefficient (Wildman–Crippen LogP) is 2.73. The Morgan fingerprint density at radius 2 is 1.80 bits per heavy atom. The Labute approximate surface area is 89.4 Å². The molecule has 1 fully saturated rings. The molecule has 1 rings (SSSR count). The van der Waals surface area contributed by atoms with Crippen molar-refractivity contribution >= 4 is 5.91 Å². The lowest BCUT2D eigenvalue weighted by Gasteiger charge is -2.45. The SMILES string of the molecule is CC(C)(C)CC(=O)NC1(C)CC(F)(F)C1. The molecule has 1 N–H and O–H groups in total. The van der Waals surface area contributed by atoms with Gasteiger partial charge in [-0.15, -0.1) is 0 Å². The van der Waals surface area contributed by atoms with E-state index in [1.807, 2.05) is 20.8 Å². The zero-order valence-electron chi connectivity index (χ0n) is 9.79. The normalized spacial score (nSPS) is 23.1. The number of hydrogen-bond donors (Lipinski definition) is 1. The van der Waals surface area contributed by atoms with E-state index in [1.165, 1.54) is 0 Å². The fourth-order valence-electron chi connectivity index (χ4n) is 2.04. The number of alkyl halides is 2. The number of amides is 1. The Morgan fingerprint density at radius 1 is 1.33 bits per heavy atom. The van der Waals surface area contributed by atoms with Gasteiger partial charge in [0.2, 0.25) is 5.91 Å². The zero-order chi connectivity index (χ0) is 11.9. The molecule has 0 saturated heterocycles. The summed E-state index contributed by atoms with van der Waals surface area (Å²) in [6, 6.07) is 0. The lowest BCUT2D eigenvalue weighted by Crippen LogP contribution is -2.60. The number of nitrogens with one attached hydrogen (secondary N) is 1. The fraction of sp³-hybridized carbons (Fsp3) is 0.909. The van der Waals surface area contributed by atoms with Gasteiger partial charge in [-0.2, -0.15) is 0 Å². The van der Waals surface area contributed by atoms with Gasteiger partial charge in [0.15, 0.2) is 0 Å². The van der Waals surface area contributed by atoms with Crippen molar-refractivity contribution in [1.29, 1.82) is 0 Å². The summed E-state index contributed by atoms with van der Waals surface area (Å²) in [4.78, 5) is 11.5. The van der Waals surface area contributed by atoms with E-state index in [0.29, 0.717) is 6.42 Å². The molecular formula is C11H19F2NO. The standard InChI is InChI=1S/C11H19F2NO/c1-9(2,3)5-8(15)14-10(4)6-11(12,13)7-10/h5-7H2,1-4H3,(H,14,15). The van der Waals surface area contributed by atoms with Crippen LogP contribution < -0.4 is 5.32 Å². The summed E-state index contributed by atoms with van der Waals surface area (Å²) in [5, 5.41) is 2.69. The van der Waals surface area contributed by atoms with Crippen molar-refractivity contribution in [3.05, 3.63) is 0 Å². The van der Waals surface area contributed by atoms with Gasteiger partial charge in [-0.3, -0.25) is 4.79 Å². The third-order valence-corrected chi connectivity index (χ3v) is 2.43. The van der Waals surface area contributed by atoms with Crippen molar-refractivity contribution in [3.63, 3.8) is 0 Å². The molecule has 1 amide bonds. The Morgan fingerprint density at radius 3 is 2.13 bits per heavy atom. The molecule has 0 aliphatic heterocycles. The van der Waals surface area contributed by atoms with Crippen molar-refractivity contribution in [1.82, 2.24) is 5.32 Å². The van der Waals surface area contributed by atoms with Gasteiger partial charge in [0.1, 0.15) is 0 Å². The number of rotatable bonds is 2.